The highest BCUT2D eigenvalue weighted by Gasteiger charge is 2.13. The smallest absolute Gasteiger partial charge is 0.0240 e. The van der Waals surface area contributed by atoms with Crippen molar-refractivity contribution in [1.82, 2.24) is 4.90 Å². The molecule has 0 bridgehead atoms. The van der Waals surface area contributed by atoms with Crippen molar-refractivity contribution in [2.24, 2.45) is 5.73 Å². The molecule has 0 saturated heterocycles. The Morgan fingerprint density at radius 1 is 0.842 bits per heavy atom. The van der Waals surface area contributed by atoms with Gasteiger partial charge in [0.05, 0.1) is 0 Å². The topological polar surface area (TPSA) is 29.3 Å². The SMILES string of the molecule is C[C@@H](CN)N(Cc1ccccc1)Cc1ccccc1. The van der Waals surface area contributed by atoms with Gasteiger partial charge in [-0.3, -0.25) is 4.90 Å². The fourth-order valence-electron chi connectivity index (χ4n) is 2.15. The van der Waals surface area contributed by atoms with Crippen LogP contribution >= 0.6 is 0 Å². The number of benzene rings is 2. The van der Waals surface area contributed by atoms with Crippen molar-refractivity contribution in [3.63, 3.8) is 0 Å². The molecule has 0 radical (unpaired) electrons. The van der Waals surface area contributed by atoms with Crippen LogP contribution < -0.4 is 5.73 Å². The van der Waals surface area contributed by atoms with Crippen LogP contribution in [0.5, 0.6) is 0 Å². The number of rotatable bonds is 6. The highest BCUT2D eigenvalue weighted by molar-refractivity contribution is 5.17. The van der Waals surface area contributed by atoms with Crippen molar-refractivity contribution in [3.05, 3.63) is 71.8 Å². The van der Waals surface area contributed by atoms with E-state index in [-0.39, 0.29) is 0 Å². The molecule has 0 aromatic heterocycles. The summed E-state index contributed by atoms with van der Waals surface area (Å²) in [5.74, 6) is 0. The second-order valence-corrected chi connectivity index (χ2v) is 4.96. The van der Waals surface area contributed by atoms with Gasteiger partial charge < -0.3 is 5.73 Å². The largest absolute Gasteiger partial charge is 0.329 e. The zero-order valence-corrected chi connectivity index (χ0v) is 11.5. The Morgan fingerprint density at radius 2 is 1.26 bits per heavy atom. The summed E-state index contributed by atoms with van der Waals surface area (Å²) in [5.41, 5.74) is 8.50. The molecule has 0 saturated carbocycles. The molecule has 0 aliphatic carbocycles. The molecule has 0 amide bonds. The molecule has 0 aliphatic heterocycles. The van der Waals surface area contributed by atoms with Crippen LogP contribution in [0.2, 0.25) is 0 Å². The third kappa shape index (κ3) is 4.19. The molecular formula is C17H22N2. The van der Waals surface area contributed by atoms with Crippen molar-refractivity contribution < 1.29 is 0 Å². The maximum absolute atomic E-state index is 5.84. The summed E-state index contributed by atoms with van der Waals surface area (Å²) in [6.45, 7) is 4.74. The zero-order valence-electron chi connectivity index (χ0n) is 11.5. The molecule has 100 valence electrons. The molecule has 0 heterocycles. The summed E-state index contributed by atoms with van der Waals surface area (Å²) in [7, 11) is 0. The highest BCUT2D eigenvalue weighted by atomic mass is 15.2. The van der Waals surface area contributed by atoms with Gasteiger partial charge in [-0.15, -0.1) is 0 Å². The fraction of sp³-hybridized carbons (Fsp3) is 0.294. The van der Waals surface area contributed by atoms with Gasteiger partial charge in [0.25, 0.3) is 0 Å². The van der Waals surface area contributed by atoms with E-state index in [9.17, 15) is 0 Å². The molecule has 2 rings (SSSR count). The zero-order chi connectivity index (χ0) is 13.5. The molecule has 2 nitrogen and oxygen atoms in total. The van der Waals surface area contributed by atoms with E-state index in [2.05, 4.69) is 72.5 Å². The molecule has 0 unspecified atom stereocenters. The fourth-order valence-corrected chi connectivity index (χ4v) is 2.15. The monoisotopic (exact) mass is 254 g/mol. The molecule has 1 atom stereocenters. The molecule has 0 spiro atoms. The second-order valence-electron chi connectivity index (χ2n) is 4.96. The molecule has 0 fully saturated rings. The first-order valence-electron chi connectivity index (χ1n) is 6.81. The first kappa shape index (κ1) is 13.8. The van der Waals surface area contributed by atoms with E-state index >= 15 is 0 Å². The highest BCUT2D eigenvalue weighted by Crippen LogP contribution is 2.12. The first-order valence-corrected chi connectivity index (χ1v) is 6.81. The van der Waals surface area contributed by atoms with Crippen molar-refractivity contribution in [2.45, 2.75) is 26.1 Å². The van der Waals surface area contributed by atoms with Gasteiger partial charge in [-0.05, 0) is 18.1 Å². The predicted octanol–water partition coefficient (Wildman–Crippen LogP) is 3.04. The first-order chi connectivity index (χ1) is 9.29. The van der Waals surface area contributed by atoms with E-state index < -0.39 is 0 Å². The quantitative estimate of drug-likeness (QED) is 0.858. The molecule has 0 aliphatic rings. The average Bonchev–Trinajstić information content (AvgIpc) is 2.48. The van der Waals surface area contributed by atoms with E-state index in [1.807, 2.05) is 0 Å². The summed E-state index contributed by atoms with van der Waals surface area (Å²) in [4.78, 5) is 2.42. The van der Waals surface area contributed by atoms with E-state index in [4.69, 9.17) is 5.73 Å². The molecule has 2 heteroatoms. The minimum absolute atomic E-state index is 0.375. The van der Waals surface area contributed by atoms with E-state index in [0.717, 1.165) is 13.1 Å². The minimum atomic E-state index is 0.375. The van der Waals surface area contributed by atoms with Gasteiger partial charge in [0.15, 0.2) is 0 Å². The van der Waals surface area contributed by atoms with Gasteiger partial charge in [0, 0.05) is 25.7 Å². The van der Waals surface area contributed by atoms with Crippen LogP contribution in [0, 0.1) is 0 Å². The van der Waals surface area contributed by atoms with Crippen molar-refractivity contribution in [2.75, 3.05) is 6.54 Å². The summed E-state index contributed by atoms with van der Waals surface area (Å²) >= 11 is 0. The Kier molecular flexibility index (Phi) is 5.13. The van der Waals surface area contributed by atoms with Gasteiger partial charge in [0.1, 0.15) is 0 Å². The van der Waals surface area contributed by atoms with Gasteiger partial charge >= 0.3 is 0 Å². The van der Waals surface area contributed by atoms with Gasteiger partial charge in [0.2, 0.25) is 0 Å². The van der Waals surface area contributed by atoms with Crippen LogP contribution in [0.3, 0.4) is 0 Å². The van der Waals surface area contributed by atoms with E-state index in [0.29, 0.717) is 12.6 Å². The third-order valence-electron chi connectivity index (χ3n) is 3.42. The van der Waals surface area contributed by atoms with Gasteiger partial charge in [-0.25, -0.2) is 0 Å². The van der Waals surface area contributed by atoms with E-state index in [1.165, 1.54) is 11.1 Å². The lowest BCUT2D eigenvalue weighted by atomic mass is 10.1. The molecular weight excluding hydrogens is 232 g/mol. The Hall–Kier alpha value is -1.64. The summed E-state index contributed by atoms with van der Waals surface area (Å²) in [6, 6.07) is 21.5. The lowest BCUT2D eigenvalue weighted by molar-refractivity contribution is 0.195. The molecule has 2 aromatic carbocycles. The number of nitrogens with zero attached hydrogens (tertiary/aromatic N) is 1. The van der Waals surface area contributed by atoms with Crippen molar-refractivity contribution >= 4 is 0 Å². The summed E-state index contributed by atoms with van der Waals surface area (Å²) in [5, 5.41) is 0. The lowest BCUT2D eigenvalue weighted by Gasteiger charge is -2.28. The van der Waals surface area contributed by atoms with Gasteiger partial charge in [-0.2, -0.15) is 0 Å². The van der Waals surface area contributed by atoms with E-state index in [1.54, 1.807) is 0 Å². The Morgan fingerprint density at radius 3 is 1.63 bits per heavy atom. The average molecular weight is 254 g/mol. The van der Waals surface area contributed by atoms with Crippen LogP contribution in [-0.2, 0) is 13.1 Å². The van der Waals surface area contributed by atoms with Crippen LogP contribution in [-0.4, -0.2) is 17.5 Å². The van der Waals surface area contributed by atoms with Crippen molar-refractivity contribution in [1.29, 1.82) is 0 Å². The number of nitrogens with two attached hydrogens (primary N) is 1. The Labute approximate surface area is 115 Å². The van der Waals surface area contributed by atoms with Gasteiger partial charge in [-0.1, -0.05) is 60.7 Å². The predicted molar refractivity (Wildman–Crippen MR) is 80.6 cm³/mol. The lowest BCUT2D eigenvalue weighted by Crippen LogP contribution is -2.37. The van der Waals surface area contributed by atoms with Crippen LogP contribution in [0.15, 0.2) is 60.7 Å². The standard InChI is InChI=1S/C17H22N2/c1-15(12-18)19(13-16-8-4-2-5-9-16)14-17-10-6-3-7-11-17/h2-11,15H,12-14,18H2,1H3/t15-/m0/s1. The third-order valence-corrected chi connectivity index (χ3v) is 3.42. The Bertz CT molecular complexity index is 426. The Balaban J connectivity index is 2.08. The van der Waals surface area contributed by atoms with Crippen molar-refractivity contribution in [3.8, 4) is 0 Å². The summed E-state index contributed by atoms with van der Waals surface area (Å²) in [6.07, 6.45) is 0. The molecule has 19 heavy (non-hydrogen) atoms. The maximum atomic E-state index is 5.84. The number of hydrogen-bond acceptors (Lipinski definition) is 2. The van der Waals surface area contributed by atoms with Crippen LogP contribution in [0.25, 0.3) is 0 Å². The summed E-state index contributed by atoms with van der Waals surface area (Å²) < 4.78 is 0. The van der Waals surface area contributed by atoms with Crippen LogP contribution in [0.1, 0.15) is 18.1 Å². The molecule has 2 aromatic rings. The number of hydrogen-bond donors (Lipinski definition) is 1. The minimum Gasteiger partial charge on any atom is -0.329 e. The van der Waals surface area contributed by atoms with Crippen LogP contribution in [0.4, 0.5) is 0 Å². The second kappa shape index (κ2) is 7.07. The molecule has 2 N–H and O–H groups in total. The maximum Gasteiger partial charge on any atom is 0.0240 e. The normalized spacial score (nSPS) is 12.6.